The summed E-state index contributed by atoms with van der Waals surface area (Å²) in [5.74, 6) is 0. The number of nitrogens with zero attached hydrogens (tertiary/aromatic N) is 2. The highest BCUT2D eigenvalue weighted by molar-refractivity contribution is 7.90. The average molecular weight is 268 g/mol. The third-order valence-electron chi connectivity index (χ3n) is 3.16. The van der Waals surface area contributed by atoms with Crippen LogP contribution in [-0.4, -0.2) is 53.9 Å². The van der Waals surface area contributed by atoms with E-state index >= 15 is 0 Å². The van der Waals surface area contributed by atoms with Gasteiger partial charge in [-0.05, 0) is 19.2 Å². The molecule has 2 rings (SSSR count). The van der Waals surface area contributed by atoms with Gasteiger partial charge in [-0.25, -0.2) is 13.7 Å². The molecule has 1 aromatic rings. The molecule has 0 radical (unpaired) electrons. The molecule has 100 valence electrons. The van der Waals surface area contributed by atoms with Crippen LogP contribution in [-0.2, 0) is 9.92 Å². The zero-order valence-corrected chi connectivity index (χ0v) is 11.4. The van der Waals surface area contributed by atoms with Crippen molar-refractivity contribution in [1.29, 1.82) is 4.78 Å². The van der Waals surface area contributed by atoms with Gasteiger partial charge < -0.3 is 4.90 Å². The topological polar surface area (TPSA) is 59.4 Å². The highest BCUT2D eigenvalue weighted by atomic mass is 32.2. The second-order valence-electron chi connectivity index (χ2n) is 4.59. The number of nitrogens with one attached hydrogen (secondary N) is 2. The zero-order valence-electron chi connectivity index (χ0n) is 10.6. The number of hydrogen-bond acceptors (Lipinski definition) is 4. The molecule has 1 aliphatic heterocycles. The lowest BCUT2D eigenvalue weighted by Gasteiger charge is -2.32. The van der Waals surface area contributed by atoms with Gasteiger partial charge in [0.25, 0.3) is 0 Å². The Labute approximate surface area is 109 Å². The maximum Gasteiger partial charge on any atom is 0.135 e. The van der Waals surface area contributed by atoms with Gasteiger partial charge in [-0.2, -0.15) is 0 Å². The molecule has 5 nitrogen and oxygen atoms in total. The molecule has 1 aliphatic rings. The normalized spacial score (nSPS) is 21.6. The fourth-order valence-electron chi connectivity index (χ4n) is 1.88. The molecular weight excluding hydrogens is 248 g/mol. The molecule has 1 heterocycles. The maximum absolute atomic E-state index is 12.2. The minimum atomic E-state index is -2.88. The Morgan fingerprint density at radius 1 is 1.22 bits per heavy atom. The van der Waals surface area contributed by atoms with Crippen LogP contribution in [0.25, 0.3) is 0 Å². The van der Waals surface area contributed by atoms with Gasteiger partial charge in [0.05, 0.1) is 11.6 Å². The predicted octanol–water partition coefficient (Wildman–Crippen LogP) is 0.802. The van der Waals surface area contributed by atoms with E-state index in [1.54, 1.807) is 24.3 Å². The molecule has 1 aromatic carbocycles. The molecule has 2 N–H and O–H groups in total. The van der Waals surface area contributed by atoms with Gasteiger partial charge in [0, 0.05) is 26.2 Å². The highest BCUT2D eigenvalue weighted by Crippen LogP contribution is 2.08. The summed E-state index contributed by atoms with van der Waals surface area (Å²) in [5.41, 5.74) is 0. The van der Waals surface area contributed by atoms with Crippen molar-refractivity contribution >= 4 is 9.92 Å². The highest BCUT2D eigenvalue weighted by Gasteiger charge is 2.15. The Balaban J connectivity index is 1.90. The fraction of sp³-hybridized carbons (Fsp3) is 0.500. The van der Waals surface area contributed by atoms with Crippen LogP contribution in [0.15, 0.2) is 35.2 Å². The van der Waals surface area contributed by atoms with Gasteiger partial charge in [0.1, 0.15) is 9.92 Å². The lowest BCUT2D eigenvalue weighted by atomic mass is 10.3. The second kappa shape index (κ2) is 5.79. The van der Waals surface area contributed by atoms with Gasteiger partial charge in [0.2, 0.25) is 0 Å². The van der Waals surface area contributed by atoms with Crippen LogP contribution < -0.4 is 4.72 Å². The maximum atomic E-state index is 12.2. The molecule has 0 spiro atoms. The number of rotatable bonds is 4. The molecule has 1 saturated heterocycles. The number of likely N-dealkylation sites (N-methyl/N-ethyl adjacent to an activating group) is 1. The van der Waals surface area contributed by atoms with E-state index in [9.17, 15) is 4.21 Å². The van der Waals surface area contributed by atoms with E-state index in [0.717, 1.165) is 26.2 Å². The lowest BCUT2D eigenvalue weighted by molar-refractivity contribution is 0.153. The summed E-state index contributed by atoms with van der Waals surface area (Å²) in [6, 6.07) is 8.93. The van der Waals surface area contributed by atoms with Crippen molar-refractivity contribution in [2.45, 2.75) is 4.90 Å². The smallest absolute Gasteiger partial charge is 0.135 e. The number of hydrogen-bond donors (Lipinski definition) is 2. The average Bonchev–Trinajstić information content (AvgIpc) is 2.39. The summed E-state index contributed by atoms with van der Waals surface area (Å²) in [6.45, 7) is 4.45. The van der Waals surface area contributed by atoms with Gasteiger partial charge in [-0.1, -0.05) is 18.2 Å². The van der Waals surface area contributed by atoms with E-state index in [2.05, 4.69) is 21.6 Å². The fourth-order valence-corrected chi connectivity index (χ4v) is 2.96. The van der Waals surface area contributed by atoms with E-state index in [4.69, 9.17) is 4.78 Å². The molecule has 0 aliphatic carbocycles. The second-order valence-corrected chi connectivity index (χ2v) is 6.47. The van der Waals surface area contributed by atoms with Gasteiger partial charge in [-0.15, -0.1) is 0 Å². The SMILES string of the molecule is CN1CCN(CNS(=N)(=O)c2ccccc2)CC1. The molecule has 0 bridgehead atoms. The Hall–Kier alpha value is -0.950. The van der Waals surface area contributed by atoms with Crippen molar-refractivity contribution in [3.8, 4) is 0 Å². The zero-order chi connectivity index (χ0) is 13.0. The number of benzene rings is 1. The monoisotopic (exact) mass is 268 g/mol. The molecule has 1 fully saturated rings. The first-order chi connectivity index (χ1) is 8.58. The van der Waals surface area contributed by atoms with E-state index in [1.807, 2.05) is 6.07 Å². The van der Waals surface area contributed by atoms with Crippen molar-refractivity contribution in [1.82, 2.24) is 14.5 Å². The lowest BCUT2D eigenvalue weighted by Crippen LogP contribution is -2.48. The van der Waals surface area contributed by atoms with E-state index in [0.29, 0.717) is 11.6 Å². The van der Waals surface area contributed by atoms with Crippen LogP contribution >= 0.6 is 0 Å². The van der Waals surface area contributed by atoms with Crippen LogP contribution in [0.3, 0.4) is 0 Å². The molecule has 1 atom stereocenters. The van der Waals surface area contributed by atoms with Gasteiger partial charge in [0.15, 0.2) is 0 Å². The van der Waals surface area contributed by atoms with E-state index < -0.39 is 9.92 Å². The molecule has 0 aromatic heterocycles. The third kappa shape index (κ3) is 3.52. The Morgan fingerprint density at radius 3 is 2.44 bits per heavy atom. The van der Waals surface area contributed by atoms with Gasteiger partial charge in [-0.3, -0.25) is 4.90 Å². The Bertz CT molecular complexity index is 466. The Kier molecular flexibility index (Phi) is 4.34. The van der Waals surface area contributed by atoms with Crippen LogP contribution in [0.1, 0.15) is 0 Å². The summed E-state index contributed by atoms with van der Waals surface area (Å²) in [6.07, 6.45) is 0. The van der Waals surface area contributed by atoms with Crippen molar-refractivity contribution < 1.29 is 4.21 Å². The van der Waals surface area contributed by atoms with Crippen LogP contribution in [0.5, 0.6) is 0 Å². The van der Waals surface area contributed by atoms with Crippen molar-refractivity contribution in [2.75, 3.05) is 39.9 Å². The summed E-state index contributed by atoms with van der Waals surface area (Å²) >= 11 is 0. The Morgan fingerprint density at radius 2 is 1.83 bits per heavy atom. The molecule has 0 saturated carbocycles. The summed E-state index contributed by atoms with van der Waals surface area (Å²) in [4.78, 5) is 5.00. The molecule has 6 heteroatoms. The first-order valence-corrected chi connectivity index (χ1v) is 7.63. The molecular formula is C12H20N4OS. The molecule has 18 heavy (non-hydrogen) atoms. The first-order valence-electron chi connectivity index (χ1n) is 6.07. The van der Waals surface area contributed by atoms with Crippen molar-refractivity contribution in [3.63, 3.8) is 0 Å². The third-order valence-corrected chi connectivity index (χ3v) is 4.63. The minimum Gasteiger partial charge on any atom is -0.304 e. The van der Waals surface area contributed by atoms with E-state index in [1.165, 1.54) is 0 Å². The summed E-state index contributed by atoms with van der Waals surface area (Å²) in [7, 11) is -0.779. The molecule has 0 amide bonds. The quantitative estimate of drug-likeness (QED) is 0.849. The first kappa shape index (κ1) is 13.5. The summed E-state index contributed by atoms with van der Waals surface area (Å²) < 4.78 is 23.0. The predicted molar refractivity (Wildman–Crippen MR) is 72.6 cm³/mol. The van der Waals surface area contributed by atoms with Crippen molar-refractivity contribution in [3.05, 3.63) is 30.3 Å². The minimum absolute atomic E-state index is 0.505. The van der Waals surface area contributed by atoms with E-state index in [-0.39, 0.29) is 0 Å². The number of piperazine rings is 1. The van der Waals surface area contributed by atoms with Crippen LogP contribution in [0.2, 0.25) is 0 Å². The molecule has 1 unspecified atom stereocenters. The van der Waals surface area contributed by atoms with Crippen LogP contribution in [0, 0.1) is 4.78 Å². The standard InChI is InChI=1S/C12H20N4OS/c1-15-7-9-16(10-8-15)11-14-18(13,17)12-5-3-2-4-6-12/h2-6H,7-11H2,1H3,(H2,13,14,17). The van der Waals surface area contributed by atoms with Gasteiger partial charge >= 0.3 is 0 Å². The van der Waals surface area contributed by atoms with Crippen molar-refractivity contribution in [2.24, 2.45) is 0 Å². The summed E-state index contributed by atoms with van der Waals surface area (Å²) in [5, 5.41) is 0. The largest absolute Gasteiger partial charge is 0.304 e. The van der Waals surface area contributed by atoms with Crippen LogP contribution in [0.4, 0.5) is 0 Å².